The number of hydrogen-bond acceptors (Lipinski definition) is 9. The van der Waals surface area contributed by atoms with E-state index in [-0.39, 0.29) is 25.6 Å². The van der Waals surface area contributed by atoms with Crippen LogP contribution in [0.15, 0.2) is 12.2 Å². The van der Waals surface area contributed by atoms with Crippen molar-refractivity contribution in [2.75, 3.05) is 47.5 Å². The molecule has 0 radical (unpaired) electrons. The summed E-state index contributed by atoms with van der Waals surface area (Å²) in [6.45, 7) is 4.42. The van der Waals surface area contributed by atoms with E-state index in [2.05, 4.69) is 26.0 Å². The molecule has 0 aromatic rings. The van der Waals surface area contributed by atoms with E-state index in [4.69, 9.17) is 29.0 Å². The third-order valence-corrected chi connectivity index (χ3v) is 10.3. The van der Waals surface area contributed by atoms with Crippen LogP contribution < -0.4 is 5.26 Å². The number of hydrogen-bond donors (Lipinski definition) is 2. The third kappa shape index (κ3) is 43.4. The van der Waals surface area contributed by atoms with E-state index in [1.54, 1.807) is 0 Å². The van der Waals surface area contributed by atoms with Crippen LogP contribution in [0.4, 0.5) is 0 Å². The van der Waals surface area contributed by atoms with Crippen molar-refractivity contribution in [3.05, 3.63) is 12.2 Å². The van der Waals surface area contributed by atoms with Gasteiger partial charge in [0.05, 0.1) is 27.7 Å². The Hall–Kier alpha value is -1.33. The molecule has 0 aliphatic rings. The normalized spacial score (nSPS) is 13.3. The lowest BCUT2D eigenvalue weighted by Crippen LogP contribution is -2.37. The molecule has 2 N–H and O–H groups in total. The molecular formula is C42H84NO10P. The van der Waals surface area contributed by atoms with Crippen molar-refractivity contribution >= 4 is 19.8 Å². The van der Waals surface area contributed by atoms with E-state index < -0.39 is 26.5 Å². The molecule has 0 aromatic heterocycles. The molecule has 0 rings (SSSR count). The molecule has 0 heterocycles. The molecule has 0 saturated carbocycles. The average Bonchev–Trinajstić information content (AvgIpc) is 3.13. The Morgan fingerprint density at radius 3 is 1.41 bits per heavy atom. The summed E-state index contributed by atoms with van der Waals surface area (Å²) in [7, 11) is 1.48. The van der Waals surface area contributed by atoms with Crippen LogP contribution in [0.1, 0.15) is 194 Å². The van der Waals surface area contributed by atoms with Gasteiger partial charge in [-0.05, 0) is 38.5 Å². The first kappa shape index (κ1) is 54.8. The van der Waals surface area contributed by atoms with Gasteiger partial charge in [0.15, 0.2) is 6.10 Å². The van der Waals surface area contributed by atoms with Gasteiger partial charge in [-0.15, -0.1) is 0 Å². The smallest absolute Gasteiger partial charge is 0.472 e. The van der Waals surface area contributed by atoms with Crippen LogP contribution >= 0.6 is 7.82 Å². The van der Waals surface area contributed by atoms with Gasteiger partial charge in [0.25, 0.3) is 0 Å². The second-order valence-electron chi connectivity index (χ2n) is 15.7. The van der Waals surface area contributed by atoms with E-state index in [1.807, 2.05) is 21.1 Å². The Morgan fingerprint density at radius 2 is 0.981 bits per heavy atom. The molecule has 12 heteroatoms. The number of ether oxygens (including phenoxy) is 2. The van der Waals surface area contributed by atoms with Gasteiger partial charge < -0.3 is 29.4 Å². The van der Waals surface area contributed by atoms with Gasteiger partial charge in [-0.25, -0.2) is 4.57 Å². The van der Waals surface area contributed by atoms with Crippen molar-refractivity contribution in [3.63, 3.8) is 0 Å². The molecule has 2 atom stereocenters. The monoisotopic (exact) mass is 794 g/mol. The van der Waals surface area contributed by atoms with Crippen LogP contribution in [0.3, 0.4) is 0 Å². The summed E-state index contributed by atoms with van der Waals surface area (Å²) in [5.74, 6) is -0.801. The summed E-state index contributed by atoms with van der Waals surface area (Å²) in [5, 5.41) is 13.0. The van der Waals surface area contributed by atoms with Crippen LogP contribution in [0.25, 0.3) is 0 Å². The molecular weight excluding hydrogens is 709 g/mol. The number of likely N-dealkylation sites (N-methyl/N-ethyl adjacent to an activating group) is 1. The summed E-state index contributed by atoms with van der Waals surface area (Å²) >= 11 is 0. The Morgan fingerprint density at radius 1 is 0.593 bits per heavy atom. The van der Waals surface area contributed by atoms with Crippen LogP contribution in [0, 0.1) is 0 Å². The fourth-order valence-electron chi connectivity index (χ4n) is 5.89. The Labute approximate surface area is 331 Å². The summed E-state index contributed by atoms with van der Waals surface area (Å²) in [6.07, 6.45) is 35.3. The topological polar surface area (TPSA) is 152 Å². The summed E-state index contributed by atoms with van der Waals surface area (Å²) in [5.41, 5.74) is 0. The molecule has 322 valence electrons. The number of unbranched alkanes of at least 4 members (excludes halogenated alkanes) is 23. The Balaban J connectivity index is 0. The highest BCUT2D eigenvalue weighted by atomic mass is 31.2. The zero-order valence-corrected chi connectivity index (χ0v) is 36.3. The zero-order chi connectivity index (χ0) is 40.6. The third-order valence-electron chi connectivity index (χ3n) is 9.30. The van der Waals surface area contributed by atoms with Gasteiger partial charge in [0, 0.05) is 12.8 Å². The van der Waals surface area contributed by atoms with E-state index in [0.29, 0.717) is 23.9 Å². The number of carbonyl (C=O) groups is 2. The summed E-state index contributed by atoms with van der Waals surface area (Å²) in [4.78, 5) is 35.3. The van der Waals surface area contributed by atoms with Gasteiger partial charge in [-0.1, -0.05) is 154 Å². The molecule has 0 aliphatic heterocycles. The molecule has 11 nitrogen and oxygen atoms in total. The van der Waals surface area contributed by atoms with Gasteiger partial charge in [0.1, 0.15) is 19.8 Å². The molecule has 1 unspecified atom stereocenters. The van der Waals surface area contributed by atoms with E-state index >= 15 is 0 Å². The van der Waals surface area contributed by atoms with Crippen molar-refractivity contribution in [3.8, 4) is 0 Å². The first-order valence-corrected chi connectivity index (χ1v) is 23.1. The number of carbonyl (C=O) groups excluding carboxylic acids is 2. The van der Waals surface area contributed by atoms with Crippen LogP contribution in [-0.2, 0) is 32.7 Å². The van der Waals surface area contributed by atoms with E-state index in [1.165, 1.54) is 109 Å². The van der Waals surface area contributed by atoms with Crippen molar-refractivity contribution < 1.29 is 52.6 Å². The predicted molar refractivity (Wildman–Crippen MR) is 218 cm³/mol. The lowest BCUT2D eigenvalue weighted by molar-refractivity contribution is -0.870. The lowest BCUT2D eigenvalue weighted by Gasteiger charge is -2.24. The fourth-order valence-corrected chi connectivity index (χ4v) is 6.63. The average molecular weight is 794 g/mol. The number of phosphoric ester groups is 1. The number of esters is 2. The predicted octanol–water partition coefficient (Wildman–Crippen LogP) is 10.6. The number of quaternary nitrogens is 1. The number of phosphoric acid groups is 1. The highest BCUT2D eigenvalue weighted by molar-refractivity contribution is 7.47. The standard InChI is InChI=1S/C42H82NO8P.H2O2/c1-6-8-10-12-14-16-18-20-21-23-25-27-29-31-33-35-42(45)51-40(39-50-52(46,47)49-37-36-43(3,4)5)38-48-41(44)34-32-30-28-26-24-22-19-17-15-13-11-9-7-2;1-2/h20-21,40H,6-19,22-39H2,1-5H3;1-2H/b21-20-;/t40-;/m1./s1. The SMILES string of the molecule is CCCCCCCC/C=C\CCCCCCCC(=O)O[C@H](COC(=O)CCCCCCCCCCCCCCC)COP(=O)(O)OCC[N+](C)(C)C.[O-]O. The quantitative estimate of drug-likeness (QED) is 0.0117. The minimum absolute atomic E-state index is 0.0331. The second-order valence-corrected chi connectivity index (χ2v) is 17.2. The summed E-state index contributed by atoms with van der Waals surface area (Å²) < 4.78 is 34.3. The van der Waals surface area contributed by atoms with E-state index in [0.717, 1.165) is 51.4 Å². The maximum absolute atomic E-state index is 12.7. The van der Waals surface area contributed by atoms with Crippen LogP contribution in [0.2, 0.25) is 0 Å². The van der Waals surface area contributed by atoms with Crippen molar-refractivity contribution in [2.45, 2.75) is 200 Å². The van der Waals surface area contributed by atoms with Crippen molar-refractivity contribution in [1.29, 1.82) is 0 Å². The molecule has 0 bridgehead atoms. The van der Waals surface area contributed by atoms with Gasteiger partial charge in [0.2, 0.25) is 0 Å². The second kappa shape index (κ2) is 39.9. The molecule has 0 fully saturated rings. The number of rotatable bonds is 39. The van der Waals surface area contributed by atoms with Crippen LogP contribution in [0.5, 0.6) is 0 Å². The first-order valence-electron chi connectivity index (χ1n) is 21.6. The molecule has 0 saturated heterocycles. The molecule has 0 aromatic carbocycles. The lowest BCUT2D eigenvalue weighted by atomic mass is 10.0. The number of allylic oxidation sites excluding steroid dienone is 2. The molecule has 54 heavy (non-hydrogen) atoms. The fraction of sp³-hybridized carbons (Fsp3) is 0.905. The van der Waals surface area contributed by atoms with E-state index in [9.17, 15) is 19.0 Å². The van der Waals surface area contributed by atoms with Crippen molar-refractivity contribution in [1.82, 2.24) is 0 Å². The maximum atomic E-state index is 12.7. The minimum Gasteiger partial charge on any atom is -0.727 e. The molecule has 0 aliphatic carbocycles. The minimum atomic E-state index is -4.37. The highest BCUT2D eigenvalue weighted by Crippen LogP contribution is 2.43. The molecule has 0 amide bonds. The molecule has 0 spiro atoms. The Kier molecular flexibility index (Phi) is 40.5. The Bertz CT molecular complexity index is 912. The van der Waals surface area contributed by atoms with Gasteiger partial charge in [-0.3, -0.25) is 18.6 Å². The zero-order valence-electron chi connectivity index (χ0n) is 35.4. The summed E-state index contributed by atoms with van der Waals surface area (Å²) in [6, 6.07) is 0. The first-order chi connectivity index (χ1) is 26.0. The van der Waals surface area contributed by atoms with Crippen molar-refractivity contribution in [2.24, 2.45) is 0 Å². The highest BCUT2D eigenvalue weighted by Gasteiger charge is 2.27. The maximum Gasteiger partial charge on any atom is 0.472 e. The van der Waals surface area contributed by atoms with Gasteiger partial charge >= 0.3 is 19.8 Å². The number of nitrogens with zero attached hydrogens (tertiary/aromatic N) is 1. The van der Waals surface area contributed by atoms with Gasteiger partial charge in [-0.2, -0.15) is 0 Å². The largest absolute Gasteiger partial charge is 0.727 e. The van der Waals surface area contributed by atoms with Crippen LogP contribution in [-0.4, -0.2) is 80.2 Å².